The van der Waals surface area contributed by atoms with Gasteiger partial charge in [-0.1, -0.05) is 12.1 Å². The summed E-state index contributed by atoms with van der Waals surface area (Å²) in [7, 11) is 1.64. The molecule has 2 aliphatic heterocycles. The maximum atomic E-state index is 12.1. The van der Waals surface area contributed by atoms with Crippen LogP contribution >= 0.6 is 0 Å². The molecule has 0 aromatic heterocycles. The molecule has 0 spiro atoms. The SMILES string of the molecule is CCOC(=O)C1CC(c2ccc(OC)cc2)N2C=CN=CC2=N1. The number of amidine groups is 1. The van der Waals surface area contributed by atoms with Crippen molar-refractivity contribution in [3.05, 3.63) is 42.2 Å². The Bertz CT molecular complexity index is 664. The van der Waals surface area contributed by atoms with Crippen LogP contribution in [0.25, 0.3) is 0 Å². The van der Waals surface area contributed by atoms with Crippen molar-refractivity contribution in [1.29, 1.82) is 0 Å². The second kappa shape index (κ2) is 6.64. The number of methoxy groups -OCH3 is 1. The fourth-order valence-electron chi connectivity index (χ4n) is 2.77. The van der Waals surface area contributed by atoms with Gasteiger partial charge in [0.1, 0.15) is 11.6 Å². The van der Waals surface area contributed by atoms with Crippen molar-refractivity contribution in [2.75, 3.05) is 13.7 Å². The number of benzene rings is 1. The average molecular weight is 313 g/mol. The molecule has 1 aromatic rings. The monoisotopic (exact) mass is 313 g/mol. The van der Waals surface area contributed by atoms with E-state index in [1.54, 1.807) is 26.4 Å². The Hall–Kier alpha value is -2.63. The number of hydrogen-bond donors (Lipinski definition) is 0. The van der Waals surface area contributed by atoms with Gasteiger partial charge in [-0.3, -0.25) is 9.98 Å². The highest BCUT2D eigenvalue weighted by Gasteiger charge is 2.34. The second-order valence-electron chi connectivity index (χ2n) is 5.26. The molecule has 6 nitrogen and oxygen atoms in total. The molecule has 0 aliphatic carbocycles. The van der Waals surface area contributed by atoms with Crippen LogP contribution in [0.15, 0.2) is 46.7 Å². The Kier molecular flexibility index (Phi) is 4.41. The van der Waals surface area contributed by atoms with E-state index in [9.17, 15) is 4.79 Å². The third-order valence-electron chi connectivity index (χ3n) is 3.90. The first-order chi connectivity index (χ1) is 11.2. The zero-order chi connectivity index (χ0) is 16.2. The van der Waals surface area contributed by atoms with Crippen LogP contribution in [-0.4, -0.2) is 42.7 Å². The lowest BCUT2D eigenvalue weighted by molar-refractivity contribution is -0.145. The molecule has 3 rings (SSSR count). The largest absolute Gasteiger partial charge is 0.497 e. The van der Waals surface area contributed by atoms with E-state index in [2.05, 4.69) is 9.98 Å². The number of fused-ring (bicyclic) bond motifs is 1. The van der Waals surface area contributed by atoms with Gasteiger partial charge in [0.2, 0.25) is 0 Å². The smallest absolute Gasteiger partial charge is 0.331 e. The van der Waals surface area contributed by atoms with Gasteiger partial charge in [0.25, 0.3) is 0 Å². The molecule has 120 valence electrons. The molecule has 23 heavy (non-hydrogen) atoms. The molecule has 0 saturated heterocycles. The van der Waals surface area contributed by atoms with Gasteiger partial charge in [0, 0.05) is 18.8 Å². The van der Waals surface area contributed by atoms with Crippen LogP contribution in [0, 0.1) is 0 Å². The zero-order valence-electron chi connectivity index (χ0n) is 13.2. The molecule has 2 heterocycles. The number of rotatable bonds is 4. The predicted molar refractivity (Wildman–Crippen MR) is 87.7 cm³/mol. The number of carbonyl (C=O) groups excluding carboxylic acids is 1. The molecular weight excluding hydrogens is 294 g/mol. The molecule has 0 radical (unpaired) electrons. The van der Waals surface area contributed by atoms with E-state index in [4.69, 9.17) is 9.47 Å². The molecular formula is C17H19N3O3. The van der Waals surface area contributed by atoms with Gasteiger partial charge in [0.05, 0.1) is 26.0 Å². The summed E-state index contributed by atoms with van der Waals surface area (Å²) in [4.78, 5) is 22.7. The minimum Gasteiger partial charge on any atom is -0.497 e. The Morgan fingerprint density at radius 3 is 2.83 bits per heavy atom. The van der Waals surface area contributed by atoms with Crippen molar-refractivity contribution in [2.45, 2.75) is 25.4 Å². The van der Waals surface area contributed by atoms with Gasteiger partial charge < -0.3 is 14.4 Å². The van der Waals surface area contributed by atoms with Crippen molar-refractivity contribution in [3.63, 3.8) is 0 Å². The Balaban J connectivity index is 1.91. The summed E-state index contributed by atoms with van der Waals surface area (Å²) >= 11 is 0. The summed E-state index contributed by atoms with van der Waals surface area (Å²) in [6.07, 6.45) is 5.84. The maximum Gasteiger partial charge on any atom is 0.331 e. The molecule has 2 unspecified atom stereocenters. The Morgan fingerprint density at radius 1 is 1.35 bits per heavy atom. The number of carbonyl (C=O) groups is 1. The van der Waals surface area contributed by atoms with Crippen LogP contribution in [0.5, 0.6) is 5.75 Å². The maximum absolute atomic E-state index is 12.1. The van der Waals surface area contributed by atoms with E-state index in [1.165, 1.54) is 0 Å². The first-order valence-electron chi connectivity index (χ1n) is 7.59. The van der Waals surface area contributed by atoms with Crippen LogP contribution in [-0.2, 0) is 9.53 Å². The van der Waals surface area contributed by atoms with E-state index >= 15 is 0 Å². The number of hydrogen-bond acceptors (Lipinski definition) is 6. The van der Waals surface area contributed by atoms with E-state index in [0.717, 1.165) is 11.3 Å². The fraction of sp³-hybridized carbons (Fsp3) is 0.353. The van der Waals surface area contributed by atoms with Crippen LogP contribution in [0.2, 0.25) is 0 Å². The minimum atomic E-state index is -0.508. The number of esters is 1. The van der Waals surface area contributed by atoms with Gasteiger partial charge >= 0.3 is 5.97 Å². The standard InChI is InChI=1S/C17H19N3O3/c1-3-23-17(21)14-10-15(12-4-6-13(22-2)7-5-12)20-9-8-18-11-16(20)19-14/h4-9,11,14-15H,3,10H2,1-2H3. The van der Waals surface area contributed by atoms with Crippen LogP contribution in [0.3, 0.4) is 0 Å². The molecule has 1 aromatic carbocycles. The quantitative estimate of drug-likeness (QED) is 0.800. The van der Waals surface area contributed by atoms with E-state index in [1.807, 2.05) is 35.4 Å². The lowest BCUT2D eigenvalue weighted by Crippen LogP contribution is -2.42. The molecule has 0 amide bonds. The summed E-state index contributed by atoms with van der Waals surface area (Å²) in [5, 5.41) is 0. The first kappa shape index (κ1) is 15.3. The number of ether oxygens (including phenoxy) is 2. The molecule has 2 atom stereocenters. The van der Waals surface area contributed by atoms with Gasteiger partial charge in [-0.25, -0.2) is 4.79 Å². The first-order valence-corrected chi connectivity index (χ1v) is 7.59. The van der Waals surface area contributed by atoms with Crippen molar-refractivity contribution in [2.24, 2.45) is 9.98 Å². The van der Waals surface area contributed by atoms with Gasteiger partial charge in [0.15, 0.2) is 6.04 Å². The van der Waals surface area contributed by atoms with E-state index < -0.39 is 6.04 Å². The number of nitrogens with zero attached hydrogens (tertiary/aromatic N) is 3. The third kappa shape index (κ3) is 3.11. The molecule has 2 aliphatic rings. The second-order valence-corrected chi connectivity index (χ2v) is 5.26. The van der Waals surface area contributed by atoms with Crippen LogP contribution < -0.4 is 4.74 Å². The minimum absolute atomic E-state index is 0.00538. The Labute approximate surface area is 135 Å². The highest BCUT2D eigenvalue weighted by atomic mass is 16.5. The molecule has 0 N–H and O–H groups in total. The van der Waals surface area contributed by atoms with Gasteiger partial charge in [-0.2, -0.15) is 0 Å². The summed E-state index contributed by atoms with van der Waals surface area (Å²) < 4.78 is 10.3. The van der Waals surface area contributed by atoms with E-state index in [-0.39, 0.29) is 12.0 Å². The summed E-state index contributed by atoms with van der Waals surface area (Å²) in [6.45, 7) is 2.15. The van der Waals surface area contributed by atoms with Crippen molar-refractivity contribution in [1.82, 2.24) is 4.90 Å². The summed E-state index contributed by atoms with van der Waals surface area (Å²) in [5.41, 5.74) is 1.09. The topological polar surface area (TPSA) is 63.5 Å². The highest BCUT2D eigenvalue weighted by Crippen LogP contribution is 2.33. The molecule has 0 fully saturated rings. The Morgan fingerprint density at radius 2 is 2.13 bits per heavy atom. The van der Waals surface area contributed by atoms with Crippen LogP contribution in [0.1, 0.15) is 24.9 Å². The molecule has 0 saturated carbocycles. The van der Waals surface area contributed by atoms with Gasteiger partial charge in [-0.05, 0) is 24.6 Å². The molecule has 6 heteroatoms. The lowest BCUT2D eigenvalue weighted by Gasteiger charge is -2.37. The highest BCUT2D eigenvalue weighted by molar-refractivity contribution is 6.30. The lowest BCUT2D eigenvalue weighted by atomic mass is 9.95. The van der Waals surface area contributed by atoms with Crippen molar-refractivity contribution in [3.8, 4) is 5.75 Å². The van der Waals surface area contributed by atoms with E-state index in [0.29, 0.717) is 18.9 Å². The van der Waals surface area contributed by atoms with Crippen molar-refractivity contribution >= 4 is 18.0 Å². The fourth-order valence-corrected chi connectivity index (χ4v) is 2.77. The zero-order valence-corrected chi connectivity index (χ0v) is 13.2. The van der Waals surface area contributed by atoms with Crippen molar-refractivity contribution < 1.29 is 14.3 Å². The molecule has 0 bridgehead atoms. The third-order valence-corrected chi connectivity index (χ3v) is 3.90. The summed E-state index contributed by atoms with van der Waals surface area (Å²) in [5.74, 6) is 1.19. The van der Waals surface area contributed by atoms with Gasteiger partial charge in [-0.15, -0.1) is 0 Å². The number of aliphatic imine (C=N–C) groups is 2. The predicted octanol–water partition coefficient (Wildman–Crippen LogP) is 2.33. The average Bonchev–Trinajstić information content (AvgIpc) is 2.61. The normalized spacial score (nSPS) is 22.3. The van der Waals surface area contributed by atoms with Crippen LogP contribution in [0.4, 0.5) is 0 Å². The summed E-state index contributed by atoms with van der Waals surface area (Å²) in [6, 6.07) is 7.35.